The maximum atomic E-state index is 5.50. The molecule has 0 aliphatic carbocycles. The zero-order valence-corrected chi connectivity index (χ0v) is 9.77. The Morgan fingerprint density at radius 2 is 2.06 bits per heavy atom. The summed E-state index contributed by atoms with van der Waals surface area (Å²) in [5, 5.41) is 10.1. The number of hydrogen-bond donors (Lipinski definition) is 3. The number of nitrogen functional groups attached to an aromatic ring is 1. The average Bonchev–Trinajstić information content (AvgIpc) is 2.73. The maximum Gasteiger partial charge on any atom is 0.222 e. The van der Waals surface area contributed by atoms with Gasteiger partial charge in [-0.3, -0.25) is 5.10 Å². The van der Waals surface area contributed by atoms with Crippen molar-refractivity contribution in [2.24, 2.45) is 0 Å². The summed E-state index contributed by atoms with van der Waals surface area (Å²) in [5.74, 6) is 0.614. The van der Waals surface area contributed by atoms with Gasteiger partial charge in [0.1, 0.15) is 0 Å². The highest BCUT2D eigenvalue weighted by Gasteiger charge is 2.00. The van der Waals surface area contributed by atoms with Crippen LogP contribution in [0.4, 0.5) is 11.6 Å². The number of nitrogens with one attached hydrogen (secondary N) is 2. The quantitative estimate of drug-likeness (QED) is 0.672. The molecule has 0 unspecified atom stereocenters. The predicted octanol–water partition coefficient (Wildman–Crippen LogP) is 1.14. The fraction of sp³-hybridized carbons (Fsp3) is 0.364. The monoisotopic (exact) mass is 232 g/mol. The summed E-state index contributed by atoms with van der Waals surface area (Å²) in [6.45, 7) is 2.85. The van der Waals surface area contributed by atoms with E-state index in [2.05, 4.69) is 25.5 Å². The summed E-state index contributed by atoms with van der Waals surface area (Å²) in [4.78, 5) is 8.13. The topological polar surface area (TPSA) is 92.5 Å². The van der Waals surface area contributed by atoms with Crippen LogP contribution in [-0.2, 0) is 6.42 Å². The van der Waals surface area contributed by atoms with Crippen molar-refractivity contribution in [1.82, 2.24) is 20.2 Å². The molecule has 0 aromatic carbocycles. The molecular weight excluding hydrogens is 216 g/mol. The van der Waals surface area contributed by atoms with Crippen molar-refractivity contribution in [1.29, 1.82) is 0 Å². The zero-order valence-electron chi connectivity index (χ0n) is 9.77. The standard InChI is InChI=1S/C11H16N6/c1-8-9(5-16-17-8)3-2-4-13-11-14-6-10(12)7-15-11/h5-7H,2-4,12H2,1H3,(H,16,17)(H,13,14,15). The number of hydrogen-bond acceptors (Lipinski definition) is 5. The lowest BCUT2D eigenvalue weighted by Crippen LogP contribution is -2.06. The minimum Gasteiger partial charge on any atom is -0.396 e. The maximum absolute atomic E-state index is 5.50. The summed E-state index contributed by atoms with van der Waals surface area (Å²) >= 11 is 0. The molecule has 2 aromatic rings. The first kappa shape index (κ1) is 11.4. The van der Waals surface area contributed by atoms with Gasteiger partial charge in [0, 0.05) is 12.2 Å². The van der Waals surface area contributed by atoms with Crippen molar-refractivity contribution >= 4 is 11.6 Å². The zero-order chi connectivity index (χ0) is 12.1. The van der Waals surface area contributed by atoms with Gasteiger partial charge in [-0.2, -0.15) is 5.10 Å². The van der Waals surface area contributed by atoms with Gasteiger partial charge in [-0.15, -0.1) is 0 Å². The van der Waals surface area contributed by atoms with Crippen molar-refractivity contribution in [3.63, 3.8) is 0 Å². The summed E-state index contributed by atoms with van der Waals surface area (Å²) in [5.41, 5.74) is 8.46. The minimum absolute atomic E-state index is 0.574. The number of aromatic amines is 1. The van der Waals surface area contributed by atoms with Gasteiger partial charge in [-0.1, -0.05) is 0 Å². The summed E-state index contributed by atoms with van der Waals surface area (Å²) in [7, 11) is 0. The van der Waals surface area contributed by atoms with E-state index in [4.69, 9.17) is 5.73 Å². The number of aryl methyl sites for hydroxylation is 2. The van der Waals surface area contributed by atoms with Gasteiger partial charge >= 0.3 is 0 Å². The van der Waals surface area contributed by atoms with Crippen molar-refractivity contribution in [3.05, 3.63) is 29.8 Å². The average molecular weight is 232 g/mol. The highest BCUT2D eigenvalue weighted by atomic mass is 15.1. The molecule has 0 aliphatic rings. The first-order valence-electron chi connectivity index (χ1n) is 5.56. The number of H-pyrrole nitrogens is 1. The van der Waals surface area contributed by atoms with E-state index in [9.17, 15) is 0 Å². The van der Waals surface area contributed by atoms with Gasteiger partial charge in [0.05, 0.1) is 24.3 Å². The first-order valence-corrected chi connectivity index (χ1v) is 5.56. The normalized spacial score (nSPS) is 10.4. The van der Waals surface area contributed by atoms with Crippen molar-refractivity contribution < 1.29 is 0 Å². The molecule has 0 aliphatic heterocycles. The van der Waals surface area contributed by atoms with Gasteiger partial charge in [0.2, 0.25) is 5.95 Å². The SMILES string of the molecule is Cc1[nH]ncc1CCCNc1ncc(N)cn1. The number of anilines is 2. The van der Waals surface area contributed by atoms with E-state index in [0.717, 1.165) is 25.1 Å². The summed E-state index contributed by atoms with van der Waals surface area (Å²) in [6.07, 6.45) is 7.05. The first-order chi connectivity index (χ1) is 8.25. The Labute approximate surface area is 99.7 Å². The Kier molecular flexibility index (Phi) is 3.54. The Balaban J connectivity index is 1.73. The van der Waals surface area contributed by atoms with Crippen molar-refractivity contribution in [3.8, 4) is 0 Å². The predicted molar refractivity (Wildman–Crippen MR) is 66.6 cm³/mol. The van der Waals surface area contributed by atoms with Gasteiger partial charge in [0.25, 0.3) is 0 Å². The van der Waals surface area contributed by atoms with E-state index >= 15 is 0 Å². The fourth-order valence-electron chi connectivity index (χ4n) is 1.54. The van der Waals surface area contributed by atoms with Crippen LogP contribution in [0.1, 0.15) is 17.7 Å². The molecular formula is C11H16N6. The second-order valence-electron chi connectivity index (χ2n) is 3.89. The smallest absolute Gasteiger partial charge is 0.222 e. The number of aromatic nitrogens is 4. The molecule has 2 heterocycles. The third-order valence-corrected chi connectivity index (χ3v) is 2.51. The molecule has 17 heavy (non-hydrogen) atoms. The van der Waals surface area contributed by atoms with Crippen LogP contribution in [0.5, 0.6) is 0 Å². The lowest BCUT2D eigenvalue weighted by molar-refractivity contribution is 0.848. The molecule has 0 saturated carbocycles. The lowest BCUT2D eigenvalue weighted by atomic mass is 10.1. The van der Waals surface area contributed by atoms with Crippen LogP contribution in [0.2, 0.25) is 0 Å². The second-order valence-corrected chi connectivity index (χ2v) is 3.89. The molecule has 0 spiro atoms. The molecule has 0 radical (unpaired) electrons. The number of nitrogens with two attached hydrogens (primary N) is 1. The molecule has 0 atom stereocenters. The van der Waals surface area contributed by atoms with Gasteiger partial charge in [-0.25, -0.2) is 9.97 Å². The van der Waals surface area contributed by atoms with Crippen LogP contribution in [0.15, 0.2) is 18.6 Å². The molecule has 0 bridgehead atoms. The second kappa shape index (κ2) is 5.29. The van der Waals surface area contributed by atoms with Crippen LogP contribution in [0.3, 0.4) is 0 Å². The molecule has 0 fully saturated rings. The van der Waals surface area contributed by atoms with E-state index in [1.165, 1.54) is 5.56 Å². The molecule has 0 saturated heterocycles. The number of rotatable bonds is 5. The van der Waals surface area contributed by atoms with Gasteiger partial charge < -0.3 is 11.1 Å². The molecule has 0 amide bonds. The molecule has 90 valence electrons. The van der Waals surface area contributed by atoms with E-state index in [-0.39, 0.29) is 0 Å². The highest BCUT2D eigenvalue weighted by Crippen LogP contribution is 2.06. The minimum atomic E-state index is 0.574. The summed E-state index contributed by atoms with van der Waals surface area (Å²) in [6, 6.07) is 0. The molecule has 2 aromatic heterocycles. The fourth-order valence-corrected chi connectivity index (χ4v) is 1.54. The molecule has 4 N–H and O–H groups in total. The molecule has 6 heteroatoms. The van der Waals surface area contributed by atoms with E-state index < -0.39 is 0 Å². The van der Waals surface area contributed by atoms with E-state index in [1.54, 1.807) is 12.4 Å². The highest BCUT2D eigenvalue weighted by molar-refractivity contribution is 5.35. The van der Waals surface area contributed by atoms with Crippen LogP contribution in [0, 0.1) is 6.92 Å². The Bertz CT molecular complexity index is 461. The Hall–Kier alpha value is -2.11. The summed E-state index contributed by atoms with van der Waals surface area (Å²) < 4.78 is 0. The third-order valence-electron chi connectivity index (χ3n) is 2.51. The Morgan fingerprint density at radius 1 is 1.29 bits per heavy atom. The largest absolute Gasteiger partial charge is 0.396 e. The van der Waals surface area contributed by atoms with Crippen LogP contribution < -0.4 is 11.1 Å². The van der Waals surface area contributed by atoms with Crippen LogP contribution in [0.25, 0.3) is 0 Å². The Morgan fingerprint density at radius 3 is 2.71 bits per heavy atom. The molecule has 2 rings (SSSR count). The van der Waals surface area contributed by atoms with E-state index in [0.29, 0.717) is 11.6 Å². The molecule has 6 nitrogen and oxygen atoms in total. The van der Waals surface area contributed by atoms with Crippen molar-refractivity contribution in [2.75, 3.05) is 17.6 Å². The van der Waals surface area contributed by atoms with Gasteiger partial charge in [0.15, 0.2) is 0 Å². The lowest BCUT2D eigenvalue weighted by Gasteiger charge is -2.04. The van der Waals surface area contributed by atoms with E-state index in [1.807, 2.05) is 13.1 Å². The van der Waals surface area contributed by atoms with Crippen molar-refractivity contribution in [2.45, 2.75) is 19.8 Å². The van der Waals surface area contributed by atoms with Crippen LogP contribution in [-0.4, -0.2) is 26.7 Å². The number of nitrogens with zero attached hydrogens (tertiary/aromatic N) is 3. The third kappa shape index (κ3) is 3.17. The van der Waals surface area contributed by atoms with Crippen LogP contribution >= 0.6 is 0 Å². The van der Waals surface area contributed by atoms with Gasteiger partial charge in [-0.05, 0) is 25.3 Å².